The van der Waals surface area contributed by atoms with Gasteiger partial charge in [-0.05, 0) is 19.1 Å². The average molecular weight is 248 g/mol. The number of carbonyl (C=O) groups excluding carboxylic acids is 2. The SMILES string of the molecule is C#CC[C@@H](NC(=O)CCc1ccc(C)o1)C(N)=O. The molecule has 3 N–H and O–H groups in total. The maximum atomic E-state index is 11.6. The minimum atomic E-state index is -0.805. The normalized spacial score (nSPS) is 11.6. The summed E-state index contributed by atoms with van der Waals surface area (Å²) in [5.74, 6) is 2.92. The van der Waals surface area contributed by atoms with Crippen LogP contribution in [-0.4, -0.2) is 17.9 Å². The largest absolute Gasteiger partial charge is 0.466 e. The van der Waals surface area contributed by atoms with Crippen LogP contribution in [-0.2, 0) is 16.0 Å². The topological polar surface area (TPSA) is 85.3 Å². The second-order valence-corrected chi connectivity index (χ2v) is 3.94. The van der Waals surface area contributed by atoms with Crippen LogP contribution >= 0.6 is 0 Å². The lowest BCUT2D eigenvalue weighted by molar-refractivity contribution is -0.127. The minimum Gasteiger partial charge on any atom is -0.466 e. The molecule has 0 aliphatic heterocycles. The van der Waals surface area contributed by atoms with Gasteiger partial charge in [-0.25, -0.2) is 0 Å². The van der Waals surface area contributed by atoms with Crippen LogP contribution in [0, 0.1) is 19.3 Å². The lowest BCUT2D eigenvalue weighted by Crippen LogP contribution is -2.44. The van der Waals surface area contributed by atoms with E-state index in [-0.39, 0.29) is 18.7 Å². The van der Waals surface area contributed by atoms with E-state index in [4.69, 9.17) is 16.6 Å². The summed E-state index contributed by atoms with van der Waals surface area (Å²) < 4.78 is 5.33. The molecule has 0 bridgehead atoms. The molecule has 0 spiro atoms. The van der Waals surface area contributed by atoms with E-state index in [0.717, 1.165) is 11.5 Å². The zero-order chi connectivity index (χ0) is 13.5. The fourth-order valence-electron chi connectivity index (χ4n) is 1.46. The van der Waals surface area contributed by atoms with Gasteiger partial charge in [-0.2, -0.15) is 0 Å². The number of carbonyl (C=O) groups is 2. The van der Waals surface area contributed by atoms with Crippen molar-refractivity contribution < 1.29 is 14.0 Å². The third kappa shape index (κ3) is 4.34. The van der Waals surface area contributed by atoms with Crippen LogP contribution in [0.5, 0.6) is 0 Å². The first-order valence-electron chi connectivity index (χ1n) is 5.60. The summed E-state index contributed by atoms with van der Waals surface area (Å²) in [5, 5.41) is 2.50. The Balaban J connectivity index is 2.41. The van der Waals surface area contributed by atoms with E-state index >= 15 is 0 Å². The summed E-state index contributed by atoms with van der Waals surface area (Å²) in [4.78, 5) is 22.6. The zero-order valence-corrected chi connectivity index (χ0v) is 10.2. The molecular weight excluding hydrogens is 232 g/mol. The Hall–Kier alpha value is -2.22. The summed E-state index contributed by atoms with van der Waals surface area (Å²) >= 11 is 0. The zero-order valence-electron chi connectivity index (χ0n) is 10.2. The Morgan fingerprint density at radius 3 is 2.78 bits per heavy atom. The Kier molecular flexibility index (Phi) is 5.00. The molecule has 1 rings (SSSR count). The number of hydrogen-bond donors (Lipinski definition) is 2. The number of primary amides is 1. The molecule has 5 heteroatoms. The highest BCUT2D eigenvalue weighted by Gasteiger charge is 2.16. The molecular formula is C13H16N2O3. The number of terminal acetylenes is 1. The van der Waals surface area contributed by atoms with Crippen LogP contribution in [0.25, 0.3) is 0 Å². The van der Waals surface area contributed by atoms with Gasteiger partial charge < -0.3 is 15.5 Å². The first-order chi connectivity index (χ1) is 8.52. The predicted molar refractivity (Wildman–Crippen MR) is 66.3 cm³/mol. The first kappa shape index (κ1) is 13.8. The van der Waals surface area contributed by atoms with E-state index in [1.807, 2.05) is 19.1 Å². The van der Waals surface area contributed by atoms with Gasteiger partial charge in [0, 0.05) is 19.3 Å². The van der Waals surface area contributed by atoms with Gasteiger partial charge in [0.15, 0.2) is 0 Å². The van der Waals surface area contributed by atoms with Crippen LogP contribution < -0.4 is 11.1 Å². The van der Waals surface area contributed by atoms with Crippen molar-refractivity contribution in [3.05, 3.63) is 23.7 Å². The van der Waals surface area contributed by atoms with Crippen molar-refractivity contribution in [3.8, 4) is 12.3 Å². The minimum absolute atomic E-state index is 0.0981. The van der Waals surface area contributed by atoms with Crippen molar-refractivity contribution in [1.82, 2.24) is 5.32 Å². The summed E-state index contributed by atoms with van der Waals surface area (Å²) in [7, 11) is 0. The Bertz CT molecular complexity index is 471. The Morgan fingerprint density at radius 2 is 2.28 bits per heavy atom. The molecule has 0 aliphatic carbocycles. The van der Waals surface area contributed by atoms with Crippen LogP contribution in [0.4, 0.5) is 0 Å². The summed E-state index contributed by atoms with van der Waals surface area (Å²) in [6, 6.07) is 2.84. The number of amides is 2. The smallest absolute Gasteiger partial charge is 0.240 e. The fourth-order valence-corrected chi connectivity index (χ4v) is 1.46. The molecule has 18 heavy (non-hydrogen) atoms. The number of nitrogens with one attached hydrogen (secondary N) is 1. The standard InChI is InChI=1S/C13H16N2O3/c1-3-4-11(13(14)17)15-12(16)8-7-10-6-5-9(2)18-10/h1,5-6,11H,4,7-8H2,2H3,(H2,14,17)(H,15,16)/t11-/m1/s1. The van der Waals surface area contributed by atoms with Gasteiger partial charge in [-0.1, -0.05) is 0 Å². The van der Waals surface area contributed by atoms with Gasteiger partial charge in [-0.15, -0.1) is 12.3 Å². The first-order valence-corrected chi connectivity index (χ1v) is 5.60. The van der Waals surface area contributed by atoms with Crippen molar-refractivity contribution in [3.63, 3.8) is 0 Å². The molecule has 96 valence electrons. The molecule has 1 atom stereocenters. The molecule has 0 saturated heterocycles. The molecule has 1 heterocycles. The van der Waals surface area contributed by atoms with E-state index in [1.54, 1.807) is 0 Å². The molecule has 0 fully saturated rings. The lowest BCUT2D eigenvalue weighted by atomic mass is 10.2. The monoisotopic (exact) mass is 248 g/mol. The average Bonchev–Trinajstić information content (AvgIpc) is 2.72. The van der Waals surface area contributed by atoms with Crippen LogP contribution in [0.1, 0.15) is 24.4 Å². The lowest BCUT2D eigenvalue weighted by Gasteiger charge is -2.12. The third-order valence-electron chi connectivity index (χ3n) is 2.40. The van der Waals surface area contributed by atoms with E-state index in [1.165, 1.54) is 0 Å². The number of nitrogens with two attached hydrogens (primary N) is 1. The highest BCUT2D eigenvalue weighted by Crippen LogP contribution is 2.08. The molecule has 5 nitrogen and oxygen atoms in total. The van der Waals surface area contributed by atoms with Crippen molar-refractivity contribution in [1.29, 1.82) is 0 Å². The number of hydrogen-bond acceptors (Lipinski definition) is 3. The molecule has 1 aromatic rings. The van der Waals surface area contributed by atoms with E-state index in [0.29, 0.717) is 6.42 Å². The molecule has 2 amide bonds. The Labute approximate surface area is 106 Å². The molecule has 1 aromatic heterocycles. The summed E-state index contributed by atoms with van der Waals surface area (Å²) in [6.45, 7) is 1.83. The van der Waals surface area contributed by atoms with E-state index < -0.39 is 11.9 Å². The van der Waals surface area contributed by atoms with Gasteiger partial charge in [0.1, 0.15) is 17.6 Å². The molecule has 0 aliphatic rings. The van der Waals surface area contributed by atoms with Crippen molar-refractivity contribution in [2.75, 3.05) is 0 Å². The highest BCUT2D eigenvalue weighted by atomic mass is 16.3. The Morgan fingerprint density at radius 1 is 1.56 bits per heavy atom. The number of furan rings is 1. The van der Waals surface area contributed by atoms with Crippen molar-refractivity contribution in [2.45, 2.75) is 32.2 Å². The second kappa shape index (κ2) is 6.50. The second-order valence-electron chi connectivity index (χ2n) is 3.94. The highest BCUT2D eigenvalue weighted by molar-refractivity contribution is 5.86. The summed E-state index contributed by atoms with van der Waals surface area (Å²) in [6.07, 6.45) is 5.88. The maximum absolute atomic E-state index is 11.6. The van der Waals surface area contributed by atoms with Gasteiger partial charge in [0.2, 0.25) is 11.8 Å². The quantitative estimate of drug-likeness (QED) is 0.719. The summed E-state index contributed by atoms with van der Waals surface area (Å²) in [5.41, 5.74) is 5.11. The molecule has 0 unspecified atom stereocenters. The van der Waals surface area contributed by atoms with Gasteiger partial charge in [-0.3, -0.25) is 9.59 Å². The van der Waals surface area contributed by atoms with Crippen molar-refractivity contribution in [2.24, 2.45) is 5.73 Å². The van der Waals surface area contributed by atoms with Crippen LogP contribution in [0.3, 0.4) is 0 Å². The van der Waals surface area contributed by atoms with Crippen molar-refractivity contribution >= 4 is 11.8 Å². The molecule has 0 radical (unpaired) electrons. The fraction of sp³-hybridized carbons (Fsp3) is 0.385. The molecule has 0 aromatic carbocycles. The van der Waals surface area contributed by atoms with Crippen LogP contribution in [0.15, 0.2) is 16.5 Å². The third-order valence-corrected chi connectivity index (χ3v) is 2.40. The maximum Gasteiger partial charge on any atom is 0.240 e. The molecule has 0 saturated carbocycles. The van der Waals surface area contributed by atoms with Gasteiger partial charge in [0.25, 0.3) is 0 Å². The van der Waals surface area contributed by atoms with Gasteiger partial charge >= 0.3 is 0 Å². The van der Waals surface area contributed by atoms with E-state index in [9.17, 15) is 9.59 Å². The number of aryl methyl sites for hydroxylation is 2. The van der Waals surface area contributed by atoms with Gasteiger partial charge in [0.05, 0.1) is 0 Å². The number of rotatable bonds is 6. The van der Waals surface area contributed by atoms with E-state index in [2.05, 4.69) is 11.2 Å². The predicted octanol–water partition coefficient (Wildman–Crippen LogP) is 0.514. The van der Waals surface area contributed by atoms with Crippen LogP contribution in [0.2, 0.25) is 0 Å².